The molecule has 4 heteroatoms. The number of carbonyl (C=O) groups is 1. The summed E-state index contributed by atoms with van der Waals surface area (Å²) in [6.45, 7) is 9.89. The van der Waals surface area contributed by atoms with Gasteiger partial charge in [0, 0.05) is 6.04 Å². The molecule has 0 aromatic heterocycles. The largest absolute Gasteiger partial charge is 0.370 e. The molecule has 0 spiro atoms. The molecule has 0 aromatic carbocycles. The Labute approximate surface area is 116 Å². The first-order chi connectivity index (χ1) is 9.27. The van der Waals surface area contributed by atoms with E-state index in [-0.39, 0.29) is 12.4 Å². The quantitative estimate of drug-likeness (QED) is 0.506. The van der Waals surface area contributed by atoms with E-state index in [1.165, 1.54) is 0 Å². The van der Waals surface area contributed by atoms with Gasteiger partial charge in [0.05, 0.1) is 13.2 Å². The molecular weight excluding hydrogens is 240 g/mol. The van der Waals surface area contributed by atoms with Crippen molar-refractivity contribution in [3.05, 3.63) is 24.8 Å². The fourth-order valence-electron chi connectivity index (χ4n) is 2.34. The second-order valence-corrected chi connectivity index (χ2v) is 4.76. The second kappa shape index (κ2) is 9.89. The number of carbonyl (C=O) groups excluding carboxylic acids is 1. The highest BCUT2D eigenvalue weighted by Gasteiger charge is 2.21. The lowest BCUT2D eigenvalue weighted by atomic mass is 10.0. The van der Waals surface area contributed by atoms with Gasteiger partial charge in [0.1, 0.15) is 6.61 Å². The molecule has 0 amide bonds. The molecule has 0 aromatic rings. The fraction of sp³-hybridized carbons (Fsp3) is 0.667. The van der Waals surface area contributed by atoms with Crippen LogP contribution in [0.2, 0.25) is 0 Å². The van der Waals surface area contributed by atoms with E-state index < -0.39 is 0 Å². The van der Waals surface area contributed by atoms with Crippen LogP contribution >= 0.6 is 0 Å². The third kappa shape index (κ3) is 6.66. The summed E-state index contributed by atoms with van der Waals surface area (Å²) in [5.41, 5.74) is 0. The van der Waals surface area contributed by atoms with Gasteiger partial charge >= 0.3 is 0 Å². The summed E-state index contributed by atoms with van der Waals surface area (Å²) < 4.78 is 5.31. The van der Waals surface area contributed by atoms with E-state index in [2.05, 4.69) is 23.7 Å². The Hall–Kier alpha value is -0.970. The average Bonchev–Trinajstić information content (AvgIpc) is 2.45. The number of nitrogens with one attached hydrogen (secondary N) is 1. The van der Waals surface area contributed by atoms with Crippen molar-refractivity contribution in [2.75, 3.05) is 39.4 Å². The van der Waals surface area contributed by atoms with Crippen molar-refractivity contribution < 1.29 is 9.53 Å². The van der Waals surface area contributed by atoms with Crippen LogP contribution in [0.4, 0.5) is 0 Å². The van der Waals surface area contributed by atoms with Gasteiger partial charge < -0.3 is 10.1 Å². The lowest BCUT2D eigenvalue weighted by Gasteiger charge is -2.33. The van der Waals surface area contributed by atoms with E-state index in [0.717, 1.165) is 32.5 Å². The molecule has 1 saturated heterocycles. The lowest BCUT2D eigenvalue weighted by molar-refractivity contribution is -0.125. The first-order valence-corrected chi connectivity index (χ1v) is 7.09. The van der Waals surface area contributed by atoms with E-state index >= 15 is 0 Å². The zero-order valence-corrected chi connectivity index (χ0v) is 11.9. The Kier molecular flexibility index (Phi) is 8.38. The summed E-state index contributed by atoms with van der Waals surface area (Å²) in [4.78, 5) is 14.1. The Morgan fingerprint density at radius 3 is 2.84 bits per heavy atom. The number of hydrogen-bond donors (Lipinski definition) is 1. The van der Waals surface area contributed by atoms with Crippen LogP contribution < -0.4 is 5.32 Å². The van der Waals surface area contributed by atoms with Crippen LogP contribution in [0, 0.1) is 0 Å². The SMILES string of the molecule is C=C/C=C\COCC(=O)CN(CC)C1CCNCC1. The molecule has 1 aliphatic rings. The van der Waals surface area contributed by atoms with Crippen molar-refractivity contribution in [3.63, 3.8) is 0 Å². The third-order valence-corrected chi connectivity index (χ3v) is 3.36. The molecule has 1 fully saturated rings. The molecule has 1 aliphatic heterocycles. The average molecular weight is 266 g/mol. The van der Waals surface area contributed by atoms with Crippen molar-refractivity contribution in [2.45, 2.75) is 25.8 Å². The molecule has 0 unspecified atom stereocenters. The summed E-state index contributed by atoms with van der Waals surface area (Å²) in [6.07, 6.45) is 7.62. The van der Waals surface area contributed by atoms with Gasteiger partial charge in [-0.25, -0.2) is 0 Å². The third-order valence-electron chi connectivity index (χ3n) is 3.36. The minimum absolute atomic E-state index is 0.160. The first kappa shape index (κ1) is 16.1. The highest BCUT2D eigenvalue weighted by molar-refractivity contribution is 5.81. The minimum Gasteiger partial charge on any atom is -0.370 e. The smallest absolute Gasteiger partial charge is 0.172 e. The number of ether oxygens (including phenoxy) is 1. The van der Waals surface area contributed by atoms with Crippen molar-refractivity contribution in [2.24, 2.45) is 0 Å². The highest BCUT2D eigenvalue weighted by atomic mass is 16.5. The maximum absolute atomic E-state index is 11.9. The molecule has 0 aliphatic carbocycles. The van der Waals surface area contributed by atoms with E-state index in [1.54, 1.807) is 6.08 Å². The van der Waals surface area contributed by atoms with Crippen LogP contribution in [0.25, 0.3) is 0 Å². The maximum Gasteiger partial charge on any atom is 0.172 e. The normalized spacial score (nSPS) is 17.2. The number of rotatable bonds is 9. The Morgan fingerprint density at radius 2 is 2.21 bits per heavy atom. The van der Waals surface area contributed by atoms with Crippen LogP contribution in [0.5, 0.6) is 0 Å². The van der Waals surface area contributed by atoms with E-state index in [4.69, 9.17) is 4.74 Å². The first-order valence-electron chi connectivity index (χ1n) is 7.09. The Balaban J connectivity index is 2.23. The summed E-state index contributed by atoms with van der Waals surface area (Å²) >= 11 is 0. The molecule has 1 rings (SSSR count). The van der Waals surface area contributed by atoms with E-state index in [0.29, 0.717) is 19.2 Å². The minimum atomic E-state index is 0.160. The number of nitrogens with zero attached hydrogens (tertiary/aromatic N) is 1. The molecule has 1 heterocycles. The molecule has 1 N–H and O–H groups in total. The van der Waals surface area contributed by atoms with Crippen molar-refractivity contribution in [3.8, 4) is 0 Å². The van der Waals surface area contributed by atoms with E-state index in [1.807, 2.05) is 12.2 Å². The van der Waals surface area contributed by atoms with E-state index in [9.17, 15) is 4.79 Å². The van der Waals surface area contributed by atoms with Gasteiger partial charge in [-0.3, -0.25) is 9.69 Å². The van der Waals surface area contributed by atoms with Gasteiger partial charge in [-0.05, 0) is 32.5 Å². The Bertz CT molecular complexity index is 297. The standard InChI is InChI=1S/C15H26N2O2/c1-3-5-6-11-19-13-15(18)12-17(4-2)14-7-9-16-10-8-14/h3,5-6,14,16H,1,4,7-13H2,2H3/b6-5-. The summed E-state index contributed by atoms with van der Waals surface area (Å²) in [6, 6.07) is 0.538. The number of likely N-dealkylation sites (N-methyl/N-ethyl adjacent to an activating group) is 1. The van der Waals surface area contributed by atoms with Crippen molar-refractivity contribution >= 4 is 5.78 Å². The summed E-state index contributed by atoms with van der Waals surface area (Å²) in [5.74, 6) is 0.160. The number of ketones is 1. The topological polar surface area (TPSA) is 41.6 Å². The van der Waals surface area contributed by atoms with Crippen molar-refractivity contribution in [1.82, 2.24) is 10.2 Å². The molecule has 0 saturated carbocycles. The maximum atomic E-state index is 11.9. The van der Waals surface area contributed by atoms with Crippen molar-refractivity contribution in [1.29, 1.82) is 0 Å². The van der Waals surface area contributed by atoms with Crippen LogP contribution in [0.3, 0.4) is 0 Å². The number of piperidine rings is 1. The zero-order valence-electron chi connectivity index (χ0n) is 11.9. The van der Waals surface area contributed by atoms with Gasteiger partial charge in [-0.2, -0.15) is 0 Å². The second-order valence-electron chi connectivity index (χ2n) is 4.76. The Morgan fingerprint density at radius 1 is 1.47 bits per heavy atom. The van der Waals surface area contributed by atoms with Crippen LogP contribution in [0.15, 0.2) is 24.8 Å². The molecule has 0 atom stereocenters. The van der Waals surface area contributed by atoms with Gasteiger partial charge in [0.2, 0.25) is 0 Å². The monoisotopic (exact) mass is 266 g/mol. The predicted molar refractivity (Wildman–Crippen MR) is 78.3 cm³/mol. The number of hydrogen-bond acceptors (Lipinski definition) is 4. The molecule has 4 nitrogen and oxygen atoms in total. The predicted octanol–water partition coefficient (Wildman–Crippen LogP) is 1.39. The zero-order chi connectivity index (χ0) is 13.9. The number of Topliss-reactive ketones (excluding diaryl/α,β-unsaturated/α-hetero) is 1. The molecule has 0 bridgehead atoms. The fourth-order valence-corrected chi connectivity index (χ4v) is 2.34. The molecular formula is C15H26N2O2. The van der Waals surface area contributed by atoms with Gasteiger partial charge in [-0.15, -0.1) is 0 Å². The molecule has 108 valence electrons. The van der Waals surface area contributed by atoms with Gasteiger partial charge in [-0.1, -0.05) is 31.7 Å². The van der Waals surface area contributed by atoms with Gasteiger partial charge in [0.15, 0.2) is 5.78 Å². The molecule has 19 heavy (non-hydrogen) atoms. The number of allylic oxidation sites excluding steroid dienone is 2. The highest BCUT2D eigenvalue weighted by Crippen LogP contribution is 2.11. The summed E-state index contributed by atoms with van der Waals surface area (Å²) in [5, 5.41) is 3.35. The lowest BCUT2D eigenvalue weighted by Crippen LogP contribution is -2.45. The summed E-state index contributed by atoms with van der Waals surface area (Å²) in [7, 11) is 0. The van der Waals surface area contributed by atoms with Crippen LogP contribution in [-0.2, 0) is 9.53 Å². The van der Waals surface area contributed by atoms with Crippen LogP contribution in [-0.4, -0.2) is 56.1 Å². The van der Waals surface area contributed by atoms with Crippen LogP contribution in [0.1, 0.15) is 19.8 Å². The van der Waals surface area contributed by atoms with Gasteiger partial charge in [0.25, 0.3) is 0 Å². The molecule has 0 radical (unpaired) electrons.